The molecule has 1 aromatic carbocycles. The van der Waals surface area contributed by atoms with Gasteiger partial charge in [-0.2, -0.15) is 0 Å². The molecule has 1 aromatic rings. The zero-order chi connectivity index (χ0) is 15.1. The van der Waals surface area contributed by atoms with E-state index in [9.17, 15) is 9.18 Å². The van der Waals surface area contributed by atoms with Gasteiger partial charge in [0.2, 0.25) is 5.91 Å². The molecule has 0 radical (unpaired) electrons. The average Bonchev–Trinajstić information content (AvgIpc) is 2.49. The van der Waals surface area contributed by atoms with E-state index in [1.807, 2.05) is 6.92 Å². The number of carbonyl (C=O) groups is 1. The number of fused-ring (bicyclic) bond motifs is 3. The van der Waals surface area contributed by atoms with Crippen LogP contribution in [0.2, 0.25) is 0 Å². The third-order valence-electron chi connectivity index (χ3n) is 5.50. The second-order valence-electron chi connectivity index (χ2n) is 6.89. The lowest BCUT2D eigenvalue weighted by atomic mass is 9.57. The number of nitrogens with two attached hydrogens (primary N) is 1. The molecule has 0 aromatic heterocycles. The molecule has 0 aliphatic heterocycles. The molecule has 1 unspecified atom stereocenters. The maximum absolute atomic E-state index is 13.0. The second-order valence-corrected chi connectivity index (χ2v) is 6.89. The first kappa shape index (κ1) is 14.5. The fourth-order valence-corrected chi connectivity index (χ4v) is 3.74. The first-order valence-electron chi connectivity index (χ1n) is 7.78. The third-order valence-corrected chi connectivity index (χ3v) is 5.50. The summed E-state index contributed by atoms with van der Waals surface area (Å²) < 4.78 is 13.0. The van der Waals surface area contributed by atoms with Crippen LogP contribution < -0.4 is 11.1 Å². The zero-order valence-corrected chi connectivity index (χ0v) is 12.5. The molecule has 2 bridgehead atoms. The van der Waals surface area contributed by atoms with Gasteiger partial charge in [-0.25, -0.2) is 4.39 Å². The molecule has 114 valence electrons. The van der Waals surface area contributed by atoms with Gasteiger partial charge in [-0.05, 0) is 63.1 Å². The van der Waals surface area contributed by atoms with E-state index in [4.69, 9.17) is 5.73 Å². The first-order valence-corrected chi connectivity index (χ1v) is 7.78. The SMILES string of the molecule is CC(NC(=O)C12CCC(N)(CC1)CC2)c1ccc(F)cc1. The predicted molar refractivity (Wildman–Crippen MR) is 80.0 cm³/mol. The molecule has 1 amide bonds. The van der Waals surface area contributed by atoms with Crippen molar-refractivity contribution in [2.24, 2.45) is 11.1 Å². The zero-order valence-electron chi connectivity index (χ0n) is 12.5. The van der Waals surface area contributed by atoms with Crippen LogP contribution in [0.15, 0.2) is 24.3 Å². The van der Waals surface area contributed by atoms with Crippen LogP contribution in [0.4, 0.5) is 4.39 Å². The molecule has 1 atom stereocenters. The Balaban J connectivity index is 1.67. The van der Waals surface area contributed by atoms with Crippen molar-refractivity contribution in [2.75, 3.05) is 0 Å². The van der Waals surface area contributed by atoms with Gasteiger partial charge in [-0.3, -0.25) is 4.79 Å². The first-order chi connectivity index (χ1) is 9.92. The normalized spacial score (nSPS) is 32.7. The molecule has 3 N–H and O–H groups in total. The van der Waals surface area contributed by atoms with Crippen molar-refractivity contribution in [2.45, 2.75) is 57.0 Å². The third kappa shape index (κ3) is 2.69. The largest absolute Gasteiger partial charge is 0.349 e. The summed E-state index contributed by atoms with van der Waals surface area (Å²) in [6, 6.07) is 6.22. The Kier molecular flexibility index (Phi) is 3.52. The number of amides is 1. The minimum Gasteiger partial charge on any atom is -0.349 e. The highest BCUT2D eigenvalue weighted by Gasteiger charge is 2.50. The summed E-state index contributed by atoms with van der Waals surface area (Å²) >= 11 is 0. The molecule has 3 aliphatic rings. The summed E-state index contributed by atoms with van der Waals surface area (Å²) in [5.41, 5.74) is 6.98. The van der Waals surface area contributed by atoms with Gasteiger partial charge in [-0.15, -0.1) is 0 Å². The van der Waals surface area contributed by atoms with Gasteiger partial charge < -0.3 is 11.1 Å². The van der Waals surface area contributed by atoms with Gasteiger partial charge in [0, 0.05) is 11.0 Å². The lowest BCUT2D eigenvalue weighted by Gasteiger charge is -2.50. The predicted octanol–water partition coefficient (Wildman–Crippen LogP) is 3.05. The van der Waals surface area contributed by atoms with E-state index in [0.717, 1.165) is 44.1 Å². The molecule has 0 spiro atoms. The van der Waals surface area contributed by atoms with E-state index in [1.54, 1.807) is 12.1 Å². The number of hydrogen-bond acceptors (Lipinski definition) is 2. The molecule has 3 nitrogen and oxygen atoms in total. The summed E-state index contributed by atoms with van der Waals surface area (Å²) in [4.78, 5) is 12.7. The summed E-state index contributed by atoms with van der Waals surface area (Å²) in [5, 5.41) is 3.11. The second kappa shape index (κ2) is 5.09. The lowest BCUT2D eigenvalue weighted by molar-refractivity contribution is -0.138. The monoisotopic (exact) mass is 290 g/mol. The van der Waals surface area contributed by atoms with E-state index in [0.29, 0.717) is 0 Å². The Morgan fingerprint density at radius 1 is 1.14 bits per heavy atom. The van der Waals surface area contributed by atoms with E-state index < -0.39 is 0 Å². The highest BCUT2D eigenvalue weighted by atomic mass is 19.1. The molecular weight excluding hydrogens is 267 g/mol. The van der Waals surface area contributed by atoms with Crippen LogP contribution in [-0.2, 0) is 4.79 Å². The summed E-state index contributed by atoms with van der Waals surface area (Å²) in [6.45, 7) is 1.95. The number of nitrogens with one attached hydrogen (secondary N) is 1. The number of halogens is 1. The fourth-order valence-electron chi connectivity index (χ4n) is 3.74. The lowest BCUT2D eigenvalue weighted by Crippen LogP contribution is -2.56. The smallest absolute Gasteiger partial charge is 0.226 e. The van der Waals surface area contributed by atoms with Gasteiger partial charge in [0.05, 0.1) is 6.04 Å². The molecule has 4 heteroatoms. The van der Waals surface area contributed by atoms with Crippen molar-refractivity contribution >= 4 is 5.91 Å². The molecule has 3 aliphatic carbocycles. The van der Waals surface area contributed by atoms with Crippen molar-refractivity contribution in [3.05, 3.63) is 35.6 Å². The Labute approximate surface area is 125 Å². The van der Waals surface area contributed by atoms with Crippen molar-refractivity contribution < 1.29 is 9.18 Å². The standard InChI is InChI=1S/C17H23FN2O/c1-12(13-2-4-14(18)5-3-13)20-15(21)16-6-9-17(19,10-7-16)11-8-16/h2-5,12H,6-11,19H2,1H3,(H,20,21). The Hall–Kier alpha value is -1.42. The van der Waals surface area contributed by atoms with Crippen LogP contribution in [0.5, 0.6) is 0 Å². The van der Waals surface area contributed by atoms with Crippen LogP contribution in [-0.4, -0.2) is 11.4 Å². The highest BCUT2D eigenvalue weighted by Crippen LogP contribution is 2.51. The molecule has 4 rings (SSSR count). The number of carbonyl (C=O) groups excluding carboxylic acids is 1. The van der Waals surface area contributed by atoms with Crippen molar-refractivity contribution in [1.82, 2.24) is 5.32 Å². The van der Waals surface area contributed by atoms with Gasteiger partial charge >= 0.3 is 0 Å². The minimum atomic E-state index is -0.255. The Bertz CT molecular complexity index is 516. The summed E-state index contributed by atoms with van der Waals surface area (Å²) in [5.74, 6) is -0.115. The molecular formula is C17H23FN2O. The molecule has 3 fully saturated rings. The van der Waals surface area contributed by atoms with Gasteiger partial charge in [0.15, 0.2) is 0 Å². The molecule has 0 saturated heterocycles. The van der Waals surface area contributed by atoms with Crippen LogP contribution in [0.25, 0.3) is 0 Å². The van der Waals surface area contributed by atoms with Crippen LogP contribution in [0.3, 0.4) is 0 Å². The van der Waals surface area contributed by atoms with Crippen LogP contribution in [0.1, 0.15) is 57.1 Å². The summed E-state index contributed by atoms with van der Waals surface area (Å²) in [7, 11) is 0. The minimum absolute atomic E-state index is 0.0232. The number of benzene rings is 1. The van der Waals surface area contributed by atoms with Crippen molar-refractivity contribution in [3.8, 4) is 0 Å². The van der Waals surface area contributed by atoms with Gasteiger partial charge in [-0.1, -0.05) is 12.1 Å². The van der Waals surface area contributed by atoms with Crippen LogP contribution in [0, 0.1) is 11.2 Å². The topological polar surface area (TPSA) is 55.1 Å². The van der Waals surface area contributed by atoms with E-state index in [2.05, 4.69) is 5.32 Å². The Morgan fingerprint density at radius 3 is 2.19 bits per heavy atom. The van der Waals surface area contributed by atoms with Gasteiger partial charge in [0.25, 0.3) is 0 Å². The summed E-state index contributed by atoms with van der Waals surface area (Å²) in [6.07, 6.45) is 5.53. The van der Waals surface area contributed by atoms with E-state index in [1.165, 1.54) is 12.1 Å². The van der Waals surface area contributed by atoms with E-state index in [-0.39, 0.29) is 28.7 Å². The maximum Gasteiger partial charge on any atom is 0.226 e. The van der Waals surface area contributed by atoms with Crippen LogP contribution >= 0.6 is 0 Å². The Morgan fingerprint density at radius 2 is 1.67 bits per heavy atom. The average molecular weight is 290 g/mol. The fraction of sp³-hybridized carbons (Fsp3) is 0.588. The quantitative estimate of drug-likeness (QED) is 0.899. The number of hydrogen-bond donors (Lipinski definition) is 2. The van der Waals surface area contributed by atoms with Crippen molar-refractivity contribution in [1.29, 1.82) is 0 Å². The molecule has 0 heterocycles. The van der Waals surface area contributed by atoms with E-state index >= 15 is 0 Å². The van der Waals surface area contributed by atoms with Crippen molar-refractivity contribution in [3.63, 3.8) is 0 Å². The molecule has 3 saturated carbocycles. The molecule has 21 heavy (non-hydrogen) atoms. The van der Waals surface area contributed by atoms with Gasteiger partial charge in [0.1, 0.15) is 5.82 Å². The maximum atomic E-state index is 13.0. The highest BCUT2D eigenvalue weighted by molar-refractivity contribution is 5.83. The number of rotatable bonds is 3.